The number of carbonyl (C=O) groups excluding carboxylic acids is 1. The van der Waals surface area contributed by atoms with E-state index in [9.17, 15) is 9.90 Å². The van der Waals surface area contributed by atoms with Gasteiger partial charge in [-0.3, -0.25) is 4.79 Å². The molecule has 7 nitrogen and oxygen atoms in total. The molecule has 0 aromatic heterocycles. The summed E-state index contributed by atoms with van der Waals surface area (Å²) in [6.45, 7) is 4.94. The molecule has 0 radical (unpaired) electrons. The van der Waals surface area contributed by atoms with Crippen LogP contribution in [0.15, 0.2) is 42.5 Å². The summed E-state index contributed by atoms with van der Waals surface area (Å²) in [7, 11) is 0. The number of hydrogen-bond donors (Lipinski definition) is 2. The Morgan fingerprint density at radius 1 is 1.06 bits per heavy atom. The van der Waals surface area contributed by atoms with Gasteiger partial charge in [0.25, 0.3) is 0 Å². The van der Waals surface area contributed by atoms with Crippen molar-refractivity contribution >= 4 is 23.2 Å². The predicted molar refractivity (Wildman–Crippen MR) is 127 cm³/mol. The molecule has 2 aromatic rings. The summed E-state index contributed by atoms with van der Waals surface area (Å²) in [5, 5.41) is 15.1. The summed E-state index contributed by atoms with van der Waals surface area (Å²) < 4.78 is 11.3. The van der Waals surface area contributed by atoms with Gasteiger partial charge in [-0.1, -0.05) is 17.7 Å². The molecule has 2 fully saturated rings. The third kappa shape index (κ3) is 5.05. The molecule has 176 valence electrons. The van der Waals surface area contributed by atoms with Gasteiger partial charge in [0.2, 0.25) is 5.91 Å². The van der Waals surface area contributed by atoms with E-state index in [0.29, 0.717) is 49.4 Å². The molecular formula is C25H30ClN3O4. The van der Waals surface area contributed by atoms with Crippen LogP contribution in [-0.4, -0.2) is 67.9 Å². The Morgan fingerprint density at radius 2 is 1.76 bits per heavy atom. The highest BCUT2D eigenvalue weighted by atomic mass is 35.5. The largest absolute Gasteiger partial charge is 0.486 e. The molecule has 5 rings (SSSR count). The number of anilines is 1. The summed E-state index contributed by atoms with van der Waals surface area (Å²) in [6, 6.07) is 12.8. The number of amides is 1. The molecule has 2 unspecified atom stereocenters. The quantitative estimate of drug-likeness (QED) is 0.647. The lowest BCUT2D eigenvalue weighted by Crippen LogP contribution is -2.57. The third-order valence-corrected chi connectivity index (χ3v) is 6.97. The number of nitrogens with zero attached hydrogens (tertiary/aromatic N) is 2. The van der Waals surface area contributed by atoms with Crippen LogP contribution >= 0.6 is 11.6 Å². The number of likely N-dealkylation sites (tertiary alicyclic amines) is 1. The van der Waals surface area contributed by atoms with Crippen molar-refractivity contribution in [3.8, 4) is 11.5 Å². The molecule has 8 heteroatoms. The number of aliphatic hydroxyl groups excluding tert-OH is 1. The number of fused-ring (bicyclic) bond motifs is 1. The normalized spacial score (nSPS) is 20.2. The van der Waals surface area contributed by atoms with Crippen LogP contribution in [0.1, 0.15) is 24.5 Å². The summed E-state index contributed by atoms with van der Waals surface area (Å²) in [5.41, 5.74) is 1.79. The van der Waals surface area contributed by atoms with Gasteiger partial charge in [-0.2, -0.15) is 0 Å². The molecule has 3 aliphatic heterocycles. The minimum absolute atomic E-state index is 0.0130. The average Bonchev–Trinajstić information content (AvgIpc) is 3.31. The van der Waals surface area contributed by atoms with Gasteiger partial charge in [0.1, 0.15) is 19.3 Å². The van der Waals surface area contributed by atoms with Gasteiger partial charge in [-0.05, 0) is 67.9 Å². The number of halogens is 1. The van der Waals surface area contributed by atoms with Gasteiger partial charge in [-0.25, -0.2) is 0 Å². The highest BCUT2D eigenvalue weighted by molar-refractivity contribution is 6.30. The van der Waals surface area contributed by atoms with E-state index in [1.165, 1.54) is 0 Å². The fourth-order valence-electron chi connectivity index (χ4n) is 4.75. The van der Waals surface area contributed by atoms with Crippen LogP contribution in [0.3, 0.4) is 0 Å². The molecule has 3 aliphatic rings. The summed E-state index contributed by atoms with van der Waals surface area (Å²) in [6.07, 6.45) is 1.47. The number of aliphatic hydroxyl groups is 1. The lowest BCUT2D eigenvalue weighted by molar-refractivity contribution is -0.127. The second kappa shape index (κ2) is 9.79. The van der Waals surface area contributed by atoms with Gasteiger partial charge in [0, 0.05) is 30.3 Å². The van der Waals surface area contributed by atoms with E-state index in [2.05, 4.69) is 15.1 Å². The summed E-state index contributed by atoms with van der Waals surface area (Å²) in [4.78, 5) is 17.5. The first-order valence-electron chi connectivity index (χ1n) is 11.7. The van der Waals surface area contributed by atoms with Crippen LogP contribution in [0.2, 0.25) is 5.02 Å². The number of benzene rings is 2. The fourth-order valence-corrected chi connectivity index (χ4v) is 4.88. The monoisotopic (exact) mass is 471 g/mol. The third-order valence-electron chi connectivity index (χ3n) is 6.71. The van der Waals surface area contributed by atoms with Crippen molar-refractivity contribution in [1.29, 1.82) is 0 Å². The zero-order valence-corrected chi connectivity index (χ0v) is 19.3. The topological polar surface area (TPSA) is 74.3 Å². The molecule has 2 saturated heterocycles. The number of carbonyl (C=O) groups is 1. The van der Waals surface area contributed by atoms with Crippen molar-refractivity contribution in [2.45, 2.75) is 25.0 Å². The first-order valence-corrected chi connectivity index (χ1v) is 12.1. The molecule has 3 heterocycles. The summed E-state index contributed by atoms with van der Waals surface area (Å²) >= 11 is 5.98. The lowest BCUT2D eigenvalue weighted by Gasteiger charge is -2.41. The highest BCUT2D eigenvalue weighted by Crippen LogP contribution is 2.34. The van der Waals surface area contributed by atoms with Crippen molar-refractivity contribution in [2.24, 2.45) is 5.92 Å². The Hall–Kier alpha value is -2.48. The van der Waals surface area contributed by atoms with Crippen LogP contribution < -0.4 is 19.7 Å². The molecule has 0 aliphatic carbocycles. The van der Waals surface area contributed by atoms with Gasteiger partial charge in [0.15, 0.2) is 11.5 Å². The molecule has 0 spiro atoms. The Bertz CT molecular complexity index is 974. The van der Waals surface area contributed by atoms with Crippen molar-refractivity contribution in [1.82, 2.24) is 10.2 Å². The standard InChI is InChI=1S/C25H30ClN3O4/c26-19-4-6-20(7-5-19)29-14-18(15-29)25(31)27-21(16-28-9-1-2-10-28)24(30)17-3-8-22-23(13-17)33-12-11-32-22/h3-8,13,18,21,24,30H,1-2,9-12,14-16H2,(H,27,31). The average molecular weight is 472 g/mol. The number of ether oxygens (including phenoxy) is 2. The molecule has 33 heavy (non-hydrogen) atoms. The Balaban J connectivity index is 1.25. The van der Waals surface area contributed by atoms with Gasteiger partial charge in [-0.15, -0.1) is 0 Å². The molecule has 2 atom stereocenters. The molecule has 2 N–H and O–H groups in total. The summed E-state index contributed by atoms with van der Waals surface area (Å²) in [5.74, 6) is 1.21. The van der Waals surface area contributed by atoms with Crippen molar-refractivity contribution in [3.63, 3.8) is 0 Å². The van der Waals surface area contributed by atoms with E-state index in [4.69, 9.17) is 21.1 Å². The van der Waals surface area contributed by atoms with E-state index in [-0.39, 0.29) is 11.8 Å². The van der Waals surface area contributed by atoms with E-state index in [1.807, 2.05) is 42.5 Å². The van der Waals surface area contributed by atoms with Crippen LogP contribution in [0.5, 0.6) is 11.5 Å². The van der Waals surface area contributed by atoms with Gasteiger partial charge >= 0.3 is 0 Å². The van der Waals surface area contributed by atoms with Crippen molar-refractivity contribution in [2.75, 3.05) is 50.8 Å². The minimum Gasteiger partial charge on any atom is -0.486 e. The predicted octanol–water partition coefficient (Wildman–Crippen LogP) is 2.86. The zero-order chi connectivity index (χ0) is 22.8. The van der Waals surface area contributed by atoms with Crippen LogP contribution in [-0.2, 0) is 4.79 Å². The molecular weight excluding hydrogens is 442 g/mol. The van der Waals surface area contributed by atoms with E-state index >= 15 is 0 Å². The highest BCUT2D eigenvalue weighted by Gasteiger charge is 2.36. The second-order valence-corrected chi connectivity index (χ2v) is 9.49. The van der Waals surface area contributed by atoms with Crippen LogP contribution in [0.25, 0.3) is 0 Å². The van der Waals surface area contributed by atoms with Crippen molar-refractivity contribution in [3.05, 3.63) is 53.1 Å². The smallest absolute Gasteiger partial charge is 0.227 e. The maximum Gasteiger partial charge on any atom is 0.227 e. The molecule has 0 bridgehead atoms. The lowest BCUT2D eigenvalue weighted by atomic mass is 9.96. The molecule has 0 saturated carbocycles. The molecule has 1 amide bonds. The zero-order valence-electron chi connectivity index (χ0n) is 18.6. The number of rotatable bonds is 7. The van der Waals surface area contributed by atoms with Gasteiger partial charge < -0.3 is 29.7 Å². The van der Waals surface area contributed by atoms with E-state index in [0.717, 1.165) is 37.2 Å². The van der Waals surface area contributed by atoms with Crippen LogP contribution in [0.4, 0.5) is 5.69 Å². The van der Waals surface area contributed by atoms with E-state index < -0.39 is 12.1 Å². The maximum absolute atomic E-state index is 13.1. The first kappa shape index (κ1) is 22.3. The number of nitrogens with one attached hydrogen (secondary N) is 1. The van der Waals surface area contributed by atoms with Gasteiger partial charge in [0.05, 0.1) is 12.0 Å². The number of hydrogen-bond acceptors (Lipinski definition) is 6. The molecule has 2 aromatic carbocycles. The van der Waals surface area contributed by atoms with Crippen LogP contribution in [0, 0.1) is 5.92 Å². The second-order valence-electron chi connectivity index (χ2n) is 9.05. The minimum atomic E-state index is -0.835. The Kier molecular flexibility index (Phi) is 6.62. The maximum atomic E-state index is 13.1. The van der Waals surface area contributed by atoms with Crippen molar-refractivity contribution < 1.29 is 19.4 Å². The Labute approximate surface area is 199 Å². The first-order chi connectivity index (χ1) is 16.1. The SMILES string of the molecule is O=C(NC(CN1CCCC1)C(O)c1ccc2c(c1)OCCO2)C1CN(c2ccc(Cl)cc2)C1. The van der Waals surface area contributed by atoms with E-state index in [1.54, 1.807) is 0 Å². The Morgan fingerprint density at radius 3 is 2.48 bits per heavy atom. The fraction of sp³-hybridized carbons (Fsp3) is 0.480.